The van der Waals surface area contributed by atoms with E-state index in [1.807, 2.05) is 38.1 Å². The summed E-state index contributed by atoms with van der Waals surface area (Å²) in [6.07, 6.45) is 7.32. The van der Waals surface area contributed by atoms with Crippen LogP contribution in [0.2, 0.25) is 0 Å². The minimum Gasteiger partial charge on any atom is -0.356 e. The van der Waals surface area contributed by atoms with E-state index >= 15 is 0 Å². The van der Waals surface area contributed by atoms with E-state index in [1.54, 1.807) is 0 Å². The van der Waals surface area contributed by atoms with Crippen molar-refractivity contribution in [3.8, 4) is 0 Å². The third-order valence-electron chi connectivity index (χ3n) is 7.93. The number of carbonyl (C=O) groups excluding carboxylic acids is 2. The molecule has 7 nitrogen and oxygen atoms in total. The zero-order valence-corrected chi connectivity index (χ0v) is 22.1. The quantitative estimate of drug-likeness (QED) is 0.451. The van der Waals surface area contributed by atoms with Crippen LogP contribution in [0.1, 0.15) is 79.4 Å². The Hall–Kier alpha value is -3.19. The van der Waals surface area contributed by atoms with Gasteiger partial charge in [-0.2, -0.15) is 0 Å². The fraction of sp³-hybridized carbons (Fsp3) is 0.500. The Kier molecular flexibility index (Phi) is 7.89. The lowest BCUT2D eigenvalue weighted by molar-refractivity contribution is -0.126. The van der Waals surface area contributed by atoms with Crippen molar-refractivity contribution < 1.29 is 9.59 Å². The molecule has 1 aliphatic heterocycles. The highest BCUT2D eigenvalue weighted by molar-refractivity contribution is 6.04. The van der Waals surface area contributed by atoms with Gasteiger partial charge in [-0.05, 0) is 95.3 Å². The number of amides is 2. The molecule has 5 rings (SSSR count). The van der Waals surface area contributed by atoms with Gasteiger partial charge in [-0.25, -0.2) is 4.98 Å². The normalized spacial score (nSPS) is 20.6. The van der Waals surface area contributed by atoms with E-state index in [2.05, 4.69) is 38.3 Å². The van der Waals surface area contributed by atoms with Crippen molar-refractivity contribution >= 4 is 28.8 Å². The van der Waals surface area contributed by atoms with Crippen LogP contribution in [-0.2, 0) is 11.3 Å². The highest BCUT2D eigenvalue weighted by Gasteiger charge is 2.30. The molecule has 2 amide bonds. The molecule has 2 N–H and O–H groups in total. The number of rotatable bonds is 7. The molecule has 1 saturated heterocycles. The molecule has 2 aromatic carbocycles. The topological polar surface area (TPSA) is 79.3 Å². The molecule has 0 bridgehead atoms. The van der Waals surface area contributed by atoms with Crippen LogP contribution < -0.4 is 10.6 Å². The monoisotopic (exact) mass is 501 g/mol. The maximum Gasteiger partial charge on any atom is 0.257 e. The molecule has 2 heterocycles. The van der Waals surface area contributed by atoms with Crippen molar-refractivity contribution in [3.05, 3.63) is 59.2 Å². The Morgan fingerprint density at radius 3 is 2.41 bits per heavy atom. The fourth-order valence-corrected chi connectivity index (χ4v) is 5.86. The maximum atomic E-state index is 13.2. The molecule has 0 unspecified atom stereocenters. The molecular weight excluding hydrogens is 462 g/mol. The summed E-state index contributed by atoms with van der Waals surface area (Å²) in [5, 5.41) is 6.09. The lowest BCUT2D eigenvalue weighted by Crippen LogP contribution is -2.33. The third-order valence-corrected chi connectivity index (χ3v) is 7.93. The number of anilines is 1. The number of hydrogen-bond donors (Lipinski definition) is 2. The van der Waals surface area contributed by atoms with Gasteiger partial charge in [0.15, 0.2) is 0 Å². The molecule has 196 valence electrons. The summed E-state index contributed by atoms with van der Waals surface area (Å²) in [5.74, 6) is 0.665. The zero-order valence-electron chi connectivity index (χ0n) is 22.1. The first kappa shape index (κ1) is 25.5. The van der Waals surface area contributed by atoms with Gasteiger partial charge in [0.1, 0.15) is 0 Å². The number of nitrogens with zero attached hydrogens (tertiary/aromatic N) is 3. The van der Waals surface area contributed by atoms with Gasteiger partial charge in [0.25, 0.3) is 5.91 Å². The first-order chi connectivity index (χ1) is 18.0. The van der Waals surface area contributed by atoms with Gasteiger partial charge in [-0.1, -0.05) is 30.2 Å². The van der Waals surface area contributed by atoms with Crippen LogP contribution in [-0.4, -0.2) is 45.9 Å². The van der Waals surface area contributed by atoms with Crippen molar-refractivity contribution in [1.82, 2.24) is 19.8 Å². The minimum atomic E-state index is -0.152. The van der Waals surface area contributed by atoms with Crippen molar-refractivity contribution in [1.29, 1.82) is 0 Å². The lowest BCUT2D eigenvalue weighted by Gasteiger charge is -2.30. The standard InChI is InChI=1S/C30H39N5O2/c1-3-31-28(36)23-12-14-25(15-13-23)35-27-19-22(20-34-17-5-4-6-18-34)9-16-26(27)32-30(35)33-29(37)24-10-7-21(2)8-11-24/h7-11,16,19,23,25H,3-6,12-15,17-18,20H2,1-2H3,(H,31,36)(H,32,33,37). The van der Waals surface area contributed by atoms with Crippen LogP contribution in [0.5, 0.6) is 0 Å². The highest BCUT2D eigenvalue weighted by Crippen LogP contribution is 2.37. The van der Waals surface area contributed by atoms with Crippen LogP contribution in [0.4, 0.5) is 5.95 Å². The number of aromatic nitrogens is 2. The maximum absolute atomic E-state index is 13.2. The summed E-state index contributed by atoms with van der Waals surface area (Å²) in [5.41, 5.74) is 4.98. The molecule has 1 aromatic heterocycles. The molecular formula is C30H39N5O2. The molecule has 7 heteroatoms. The number of carbonyl (C=O) groups is 2. The van der Waals surface area contributed by atoms with Crippen molar-refractivity contribution in [2.24, 2.45) is 5.92 Å². The second-order valence-corrected chi connectivity index (χ2v) is 10.7. The Labute approximate surface area is 219 Å². The predicted molar refractivity (Wildman–Crippen MR) is 148 cm³/mol. The van der Waals surface area contributed by atoms with E-state index in [-0.39, 0.29) is 23.8 Å². The van der Waals surface area contributed by atoms with E-state index in [0.717, 1.165) is 61.9 Å². The van der Waals surface area contributed by atoms with Gasteiger partial charge >= 0.3 is 0 Å². The molecule has 2 aliphatic rings. The van der Waals surface area contributed by atoms with Gasteiger partial charge < -0.3 is 9.88 Å². The first-order valence-electron chi connectivity index (χ1n) is 13.9. The Balaban J connectivity index is 1.44. The largest absolute Gasteiger partial charge is 0.356 e. The zero-order chi connectivity index (χ0) is 25.8. The summed E-state index contributed by atoms with van der Waals surface area (Å²) in [6, 6.07) is 14.3. The summed E-state index contributed by atoms with van der Waals surface area (Å²) in [4.78, 5) is 33.0. The summed E-state index contributed by atoms with van der Waals surface area (Å²) in [6.45, 7) is 7.89. The smallest absolute Gasteiger partial charge is 0.257 e. The van der Waals surface area contributed by atoms with E-state index < -0.39 is 0 Å². The number of hydrogen-bond acceptors (Lipinski definition) is 4. The number of fused-ring (bicyclic) bond motifs is 1. The van der Waals surface area contributed by atoms with E-state index in [4.69, 9.17) is 4.98 Å². The molecule has 0 radical (unpaired) electrons. The second-order valence-electron chi connectivity index (χ2n) is 10.7. The van der Waals surface area contributed by atoms with Gasteiger partial charge in [0, 0.05) is 30.6 Å². The first-order valence-corrected chi connectivity index (χ1v) is 13.9. The Morgan fingerprint density at radius 2 is 1.70 bits per heavy atom. The summed E-state index contributed by atoms with van der Waals surface area (Å²) in [7, 11) is 0. The third kappa shape index (κ3) is 5.87. The second kappa shape index (κ2) is 11.5. The summed E-state index contributed by atoms with van der Waals surface area (Å²) < 4.78 is 2.23. The summed E-state index contributed by atoms with van der Waals surface area (Å²) >= 11 is 0. The number of piperidine rings is 1. The molecule has 0 atom stereocenters. The predicted octanol–water partition coefficient (Wildman–Crippen LogP) is 5.45. The fourth-order valence-electron chi connectivity index (χ4n) is 5.86. The van der Waals surface area contributed by atoms with Crippen molar-refractivity contribution in [3.63, 3.8) is 0 Å². The highest BCUT2D eigenvalue weighted by atomic mass is 16.2. The number of imidazole rings is 1. The molecule has 1 aliphatic carbocycles. The number of likely N-dealkylation sites (tertiary alicyclic amines) is 1. The molecule has 2 fully saturated rings. The van der Waals surface area contributed by atoms with Gasteiger partial charge in [0.05, 0.1) is 11.0 Å². The van der Waals surface area contributed by atoms with E-state index in [0.29, 0.717) is 18.1 Å². The van der Waals surface area contributed by atoms with Crippen LogP contribution in [0.3, 0.4) is 0 Å². The minimum absolute atomic E-state index is 0.0613. The van der Waals surface area contributed by atoms with E-state index in [1.165, 1.54) is 24.8 Å². The van der Waals surface area contributed by atoms with Crippen LogP contribution in [0.15, 0.2) is 42.5 Å². The molecule has 1 saturated carbocycles. The molecule has 0 spiro atoms. The Bertz CT molecular complexity index is 1230. The van der Waals surface area contributed by atoms with Gasteiger partial charge in [-0.15, -0.1) is 0 Å². The SMILES string of the molecule is CCNC(=O)C1CCC(n2c(NC(=O)c3ccc(C)cc3)nc3ccc(CN4CCCCC4)cc32)CC1. The van der Waals surface area contributed by atoms with Crippen LogP contribution in [0, 0.1) is 12.8 Å². The average Bonchev–Trinajstić information content (AvgIpc) is 3.27. The lowest BCUT2D eigenvalue weighted by atomic mass is 9.85. The van der Waals surface area contributed by atoms with Gasteiger partial charge in [0.2, 0.25) is 11.9 Å². The molecule has 3 aromatic rings. The number of aryl methyl sites for hydroxylation is 1. The van der Waals surface area contributed by atoms with Crippen molar-refractivity contribution in [2.75, 3.05) is 25.0 Å². The average molecular weight is 502 g/mol. The van der Waals surface area contributed by atoms with Crippen molar-refractivity contribution in [2.45, 2.75) is 71.4 Å². The van der Waals surface area contributed by atoms with Gasteiger partial charge in [-0.3, -0.25) is 19.8 Å². The Morgan fingerprint density at radius 1 is 0.973 bits per heavy atom. The van der Waals surface area contributed by atoms with Crippen LogP contribution >= 0.6 is 0 Å². The van der Waals surface area contributed by atoms with Crippen LogP contribution in [0.25, 0.3) is 11.0 Å². The molecule has 37 heavy (non-hydrogen) atoms. The number of nitrogens with one attached hydrogen (secondary N) is 2. The van der Waals surface area contributed by atoms with E-state index in [9.17, 15) is 9.59 Å². The number of benzene rings is 2.